The van der Waals surface area contributed by atoms with Crippen LogP contribution >= 0.6 is 12.6 Å². The number of aliphatic hydroxyl groups excluding tert-OH is 2. The van der Waals surface area contributed by atoms with Crippen molar-refractivity contribution in [3.05, 3.63) is 17.7 Å². The van der Waals surface area contributed by atoms with Crippen LogP contribution in [0.4, 0.5) is 0 Å². The number of hydrogen-bond acceptors (Lipinski definition) is 9. The molecule has 0 saturated carbocycles. The second-order valence-electron chi connectivity index (χ2n) is 6.26. The van der Waals surface area contributed by atoms with Gasteiger partial charge in [0.25, 0.3) is 0 Å². The molecule has 0 aliphatic carbocycles. The normalized spacial score (nSPS) is 28.5. The summed E-state index contributed by atoms with van der Waals surface area (Å²) in [5.74, 6) is -2.39. The van der Waals surface area contributed by atoms with Crippen molar-refractivity contribution in [2.24, 2.45) is 0 Å². The van der Waals surface area contributed by atoms with E-state index in [-0.39, 0.29) is 42.9 Å². The Morgan fingerprint density at radius 2 is 1.88 bits per heavy atom. The van der Waals surface area contributed by atoms with Crippen molar-refractivity contribution in [1.29, 1.82) is 0 Å². The zero-order chi connectivity index (χ0) is 19.4. The molecule has 4 atom stereocenters. The van der Waals surface area contributed by atoms with Gasteiger partial charge in [0.1, 0.15) is 35.0 Å². The molecule has 0 spiro atoms. The van der Waals surface area contributed by atoms with Crippen LogP contribution in [0.3, 0.4) is 0 Å². The minimum atomic E-state index is -1.58. The van der Waals surface area contributed by atoms with Gasteiger partial charge >= 0.3 is 5.97 Å². The first-order valence-electron chi connectivity index (χ1n) is 8.15. The maximum atomic E-state index is 12.4. The number of phenols is 2. The zero-order valence-corrected chi connectivity index (χ0v) is 15.1. The summed E-state index contributed by atoms with van der Waals surface area (Å²) in [6.07, 6.45) is -3.55. The number of carbonyl (C=O) groups is 2. The monoisotopic (exact) mass is 386 g/mol. The van der Waals surface area contributed by atoms with Gasteiger partial charge in [-0.05, 0) is 13.3 Å². The molecule has 26 heavy (non-hydrogen) atoms. The van der Waals surface area contributed by atoms with Crippen molar-refractivity contribution in [3.8, 4) is 17.2 Å². The largest absolute Gasteiger partial charge is 0.508 e. The molecule has 2 rings (SSSR count). The van der Waals surface area contributed by atoms with E-state index in [4.69, 9.17) is 9.47 Å². The first-order valence-corrected chi connectivity index (χ1v) is 8.67. The second kappa shape index (κ2) is 8.61. The second-order valence-corrected chi connectivity index (χ2v) is 6.99. The number of esters is 1. The van der Waals surface area contributed by atoms with E-state index in [2.05, 4.69) is 12.6 Å². The molecular weight excluding hydrogens is 364 g/mol. The number of ether oxygens (including phenoxy) is 2. The number of carbonyl (C=O) groups excluding carboxylic acids is 2. The van der Waals surface area contributed by atoms with Gasteiger partial charge in [-0.25, -0.2) is 4.79 Å². The molecule has 9 heteroatoms. The van der Waals surface area contributed by atoms with Crippen LogP contribution in [-0.4, -0.2) is 62.3 Å². The van der Waals surface area contributed by atoms with E-state index in [1.807, 2.05) is 0 Å². The number of ketones is 1. The maximum absolute atomic E-state index is 12.4. The lowest BCUT2D eigenvalue weighted by Crippen LogP contribution is -2.36. The number of rotatable bonds is 0. The Balaban J connectivity index is 2.33. The third-order valence-corrected chi connectivity index (χ3v) is 4.38. The molecule has 0 amide bonds. The molecule has 144 valence electrons. The lowest BCUT2D eigenvalue weighted by Gasteiger charge is -2.22. The third kappa shape index (κ3) is 5.03. The van der Waals surface area contributed by atoms with Crippen molar-refractivity contribution in [2.45, 2.75) is 49.7 Å². The van der Waals surface area contributed by atoms with E-state index in [0.717, 1.165) is 12.1 Å². The van der Waals surface area contributed by atoms with Gasteiger partial charge < -0.3 is 29.9 Å². The van der Waals surface area contributed by atoms with Crippen molar-refractivity contribution in [2.75, 3.05) is 6.61 Å². The van der Waals surface area contributed by atoms with E-state index in [0.29, 0.717) is 0 Å². The summed E-state index contributed by atoms with van der Waals surface area (Å²) in [5, 5.41) is 39.0. The molecule has 1 aliphatic heterocycles. The van der Waals surface area contributed by atoms with Crippen LogP contribution in [0.25, 0.3) is 0 Å². The van der Waals surface area contributed by atoms with Gasteiger partial charge in [-0.1, -0.05) is 0 Å². The molecule has 0 saturated heterocycles. The Labute approximate surface area is 155 Å². The van der Waals surface area contributed by atoms with Gasteiger partial charge in [-0.15, -0.1) is 0 Å². The summed E-state index contributed by atoms with van der Waals surface area (Å²) in [7, 11) is 0. The van der Waals surface area contributed by atoms with Crippen LogP contribution in [0.1, 0.15) is 36.5 Å². The van der Waals surface area contributed by atoms with Gasteiger partial charge in [-0.2, -0.15) is 12.6 Å². The fraction of sp³-hybridized carbons (Fsp3) is 0.529. The molecule has 4 N–H and O–H groups in total. The third-order valence-electron chi connectivity index (χ3n) is 3.98. The fourth-order valence-electron chi connectivity index (χ4n) is 2.68. The van der Waals surface area contributed by atoms with E-state index < -0.39 is 41.1 Å². The lowest BCUT2D eigenvalue weighted by molar-refractivity contribution is -0.133. The molecule has 1 heterocycles. The van der Waals surface area contributed by atoms with Crippen LogP contribution in [0.5, 0.6) is 17.2 Å². The summed E-state index contributed by atoms with van der Waals surface area (Å²) < 4.78 is 10.6. The molecule has 0 unspecified atom stereocenters. The summed E-state index contributed by atoms with van der Waals surface area (Å²) >= 11 is 4.27. The lowest BCUT2D eigenvalue weighted by atomic mass is 10.0. The van der Waals surface area contributed by atoms with Crippen molar-refractivity contribution < 1.29 is 39.5 Å². The summed E-state index contributed by atoms with van der Waals surface area (Å²) in [6.45, 7) is 1.43. The van der Waals surface area contributed by atoms with Gasteiger partial charge in [0.05, 0.1) is 12.7 Å². The Morgan fingerprint density at radius 1 is 1.19 bits per heavy atom. The minimum absolute atomic E-state index is 0.0974. The Kier molecular flexibility index (Phi) is 6.74. The first-order chi connectivity index (χ1) is 12.2. The predicted molar refractivity (Wildman–Crippen MR) is 93.8 cm³/mol. The number of hydrogen-bond donors (Lipinski definition) is 5. The van der Waals surface area contributed by atoms with E-state index in [9.17, 15) is 30.0 Å². The topological polar surface area (TPSA) is 134 Å². The zero-order valence-electron chi connectivity index (χ0n) is 14.2. The molecule has 0 bridgehead atoms. The molecule has 0 fully saturated rings. The average Bonchev–Trinajstić information content (AvgIpc) is 2.51. The smallest absolute Gasteiger partial charge is 0.346 e. The summed E-state index contributed by atoms with van der Waals surface area (Å²) in [6, 6.07) is 2.11. The quantitative estimate of drug-likeness (QED) is 0.326. The van der Waals surface area contributed by atoms with Crippen molar-refractivity contribution in [1.82, 2.24) is 0 Å². The van der Waals surface area contributed by atoms with E-state index >= 15 is 0 Å². The highest BCUT2D eigenvalue weighted by Gasteiger charge is 2.29. The molecular formula is C17H22O8S. The van der Waals surface area contributed by atoms with Crippen LogP contribution in [0.2, 0.25) is 0 Å². The number of aromatic hydroxyl groups is 2. The van der Waals surface area contributed by atoms with Crippen molar-refractivity contribution >= 4 is 24.4 Å². The molecule has 1 aliphatic rings. The molecule has 8 nitrogen and oxygen atoms in total. The highest BCUT2D eigenvalue weighted by atomic mass is 32.1. The maximum Gasteiger partial charge on any atom is 0.346 e. The fourth-order valence-corrected chi connectivity index (χ4v) is 3.15. The molecule has 1 aromatic rings. The van der Waals surface area contributed by atoms with Gasteiger partial charge in [0.2, 0.25) is 0 Å². The predicted octanol–water partition coefficient (Wildman–Crippen LogP) is 0.795. The number of cyclic esters (lactones) is 1. The van der Waals surface area contributed by atoms with Gasteiger partial charge in [0, 0.05) is 30.2 Å². The Bertz CT molecular complexity index is 677. The number of thiol groups is 1. The Morgan fingerprint density at radius 3 is 2.58 bits per heavy atom. The molecule has 1 aromatic carbocycles. The standard InChI is InChI=1S/C17H22O8S/c1-8-4-10(26)7-13(21)16(22)11(19)2-3-24-14-6-9(18)5-12(20)15(14)17(23)25-8/h5-6,8,10-11,16,18-20,22,26H,2-4,7H2,1H3/t8-,10+,11-,16-/m0/s1. The number of aliphatic hydroxyl groups is 2. The molecule has 0 radical (unpaired) electrons. The number of benzene rings is 1. The van der Waals surface area contributed by atoms with Crippen LogP contribution in [-0.2, 0) is 9.53 Å². The minimum Gasteiger partial charge on any atom is -0.508 e. The molecule has 0 aromatic heterocycles. The van der Waals surface area contributed by atoms with E-state index in [1.54, 1.807) is 6.92 Å². The SMILES string of the molecule is C[C@H]1C[C@@H](S)CC(=O)[C@@H](O)[C@@H](O)CCOc2cc(O)cc(O)c2C(=O)O1. The average molecular weight is 386 g/mol. The summed E-state index contributed by atoms with van der Waals surface area (Å²) in [4.78, 5) is 24.4. The van der Waals surface area contributed by atoms with Crippen LogP contribution < -0.4 is 4.74 Å². The highest BCUT2D eigenvalue weighted by Crippen LogP contribution is 2.34. The highest BCUT2D eigenvalue weighted by molar-refractivity contribution is 7.81. The summed E-state index contributed by atoms with van der Waals surface area (Å²) in [5.41, 5.74) is -0.256. The Hall–Kier alpha value is -1.97. The van der Waals surface area contributed by atoms with Gasteiger partial charge in [-0.3, -0.25) is 4.79 Å². The van der Waals surface area contributed by atoms with Gasteiger partial charge in [0.15, 0.2) is 5.78 Å². The van der Waals surface area contributed by atoms with Crippen LogP contribution in [0.15, 0.2) is 12.1 Å². The number of fused-ring (bicyclic) bond motifs is 1. The first kappa shape index (κ1) is 20.3. The number of phenolic OH excluding ortho intramolecular Hbond substituents is 2. The van der Waals surface area contributed by atoms with Crippen LogP contribution in [0, 0.1) is 0 Å². The van der Waals surface area contributed by atoms with Crippen molar-refractivity contribution in [3.63, 3.8) is 0 Å². The van der Waals surface area contributed by atoms with E-state index in [1.165, 1.54) is 0 Å². The number of Topliss-reactive ketones (excluding diaryl/α,β-unsaturated/α-hetero) is 1.